The van der Waals surface area contributed by atoms with Crippen LogP contribution in [0.5, 0.6) is 0 Å². The smallest absolute Gasteiger partial charge is 0.259 e. The van der Waals surface area contributed by atoms with E-state index in [-0.39, 0.29) is 5.91 Å². The van der Waals surface area contributed by atoms with Crippen LogP contribution in [0, 0.1) is 13.8 Å². The molecule has 3 nitrogen and oxygen atoms in total. The van der Waals surface area contributed by atoms with E-state index in [1.54, 1.807) is 23.1 Å². The molecule has 1 aromatic heterocycles. The summed E-state index contributed by atoms with van der Waals surface area (Å²) in [5.41, 5.74) is 6.11. The van der Waals surface area contributed by atoms with Crippen LogP contribution in [0.2, 0.25) is 0 Å². The highest BCUT2D eigenvalue weighted by molar-refractivity contribution is 7.98. The Bertz CT molecular complexity index is 1130. The minimum absolute atomic E-state index is 0.0401. The summed E-state index contributed by atoms with van der Waals surface area (Å²) in [6.45, 7) is 4.08. The van der Waals surface area contributed by atoms with E-state index in [2.05, 4.69) is 48.0 Å². The molecule has 3 aromatic rings. The number of rotatable bonds is 5. The number of nitrogens with zero attached hydrogens (tertiary/aromatic N) is 1. The van der Waals surface area contributed by atoms with Crippen LogP contribution in [0.25, 0.3) is 0 Å². The molecule has 1 aliphatic rings. The highest BCUT2D eigenvalue weighted by Crippen LogP contribution is 2.39. The van der Waals surface area contributed by atoms with Crippen LogP contribution in [0.3, 0.4) is 0 Å². The molecular weight excluding hydrogens is 432 g/mol. The van der Waals surface area contributed by atoms with E-state index >= 15 is 0 Å². The Labute approximate surface area is 199 Å². The van der Waals surface area contributed by atoms with E-state index in [0.29, 0.717) is 0 Å². The molecule has 1 N–H and O–H groups in total. The first-order valence-corrected chi connectivity index (χ1v) is 13.3. The van der Waals surface area contributed by atoms with Gasteiger partial charge in [0.2, 0.25) is 0 Å². The van der Waals surface area contributed by atoms with Crippen LogP contribution < -0.4 is 5.32 Å². The lowest BCUT2D eigenvalue weighted by atomic mass is 9.96. The number of amides is 1. The summed E-state index contributed by atoms with van der Waals surface area (Å²) < 4.78 is 0. The van der Waals surface area contributed by atoms with Gasteiger partial charge < -0.3 is 5.32 Å². The first-order chi connectivity index (χ1) is 15.5. The largest absolute Gasteiger partial charge is 0.322 e. The summed E-state index contributed by atoms with van der Waals surface area (Å²) in [5, 5.41) is 4.01. The van der Waals surface area contributed by atoms with Gasteiger partial charge in [0.05, 0.1) is 5.56 Å². The Kier molecular flexibility index (Phi) is 7.48. The van der Waals surface area contributed by atoms with Crippen molar-refractivity contribution >= 4 is 45.9 Å². The molecule has 0 atom stereocenters. The molecule has 0 saturated heterocycles. The molecule has 0 spiro atoms. The first-order valence-electron chi connectivity index (χ1n) is 11.3. The van der Waals surface area contributed by atoms with Gasteiger partial charge in [-0.1, -0.05) is 37.1 Å². The van der Waals surface area contributed by atoms with Gasteiger partial charge in [0.1, 0.15) is 5.00 Å². The molecule has 1 amide bonds. The molecule has 0 unspecified atom stereocenters. The summed E-state index contributed by atoms with van der Waals surface area (Å²) >= 11 is 3.42. The monoisotopic (exact) mass is 462 g/mol. The van der Waals surface area contributed by atoms with Crippen molar-refractivity contribution in [3.8, 4) is 0 Å². The average molecular weight is 463 g/mol. The first kappa shape index (κ1) is 22.8. The number of aryl methyl sites for hydroxylation is 3. The molecule has 32 heavy (non-hydrogen) atoms. The number of hydrogen-bond acceptors (Lipinski definition) is 4. The van der Waals surface area contributed by atoms with Crippen molar-refractivity contribution < 1.29 is 4.79 Å². The summed E-state index contributed by atoms with van der Waals surface area (Å²) in [7, 11) is 0. The number of carbonyl (C=O) groups is 1. The standard InChI is InChI=1S/C27H30N2OS2/c1-18-10-11-19(2)23(16-18)29-26(30)25-22-8-6-4-5-7-9-24(22)32-27(25)28-17-20-12-14-21(31-3)15-13-20/h10-17H,4-9H2,1-3H3,(H,29,30). The molecule has 4 rings (SSSR count). The van der Waals surface area contributed by atoms with Crippen molar-refractivity contribution in [3.63, 3.8) is 0 Å². The molecule has 0 bridgehead atoms. The lowest BCUT2D eigenvalue weighted by Gasteiger charge is -2.13. The van der Waals surface area contributed by atoms with Crippen molar-refractivity contribution in [2.45, 2.75) is 57.3 Å². The molecule has 1 heterocycles. The second-order valence-corrected chi connectivity index (χ2v) is 10.4. The molecule has 0 saturated carbocycles. The summed E-state index contributed by atoms with van der Waals surface area (Å²) in [4.78, 5) is 20.9. The minimum Gasteiger partial charge on any atom is -0.322 e. The maximum atomic E-state index is 13.5. The van der Waals surface area contributed by atoms with Gasteiger partial charge in [-0.2, -0.15) is 0 Å². The van der Waals surface area contributed by atoms with Crippen LogP contribution in [0.15, 0.2) is 52.4 Å². The lowest BCUT2D eigenvalue weighted by Crippen LogP contribution is -2.15. The third kappa shape index (κ3) is 5.33. The minimum atomic E-state index is -0.0401. The predicted molar refractivity (Wildman–Crippen MR) is 140 cm³/mol. The van der Waals surface area contributed by atoms with Gasteiger partial charge in [-0.25, -0.2) is 4.99 Å². The second-order valence-electron chi connectivity index (χ2n) is 8.40. The summed E-state index contributed by atoms with van der Waals surface area (Å²) in [6, 6.07) is 14.5. The van der Waals surface area contributed by atoms with Gasteiger partial charge in [-0.15, -0.1) is 23.1 Å². The van der Waals surface area contributed by atoms with Crippen molar-refractivity contribution in [1.29, 1.82) is 0 Å². The summed E-state index contributed by atoms with van der Waals surface area (Å²) in [5.74, 6) is -0.0401. The van der Waals surface area contributed by atoms with Crippen molar-refractivity contribution in [2.75, 3.05) is 11.6 Å². The quantitative estimate of drug-likeness (QED) is 0.311. The number of benzene rings is 2. The maximum Gasteiger partial charge on any atom is 0.259 e. The molecule has 2 aromatic carbocycles. The number of carbonyl (C=O) groups excluding carboxylic acids is 1. The Morgan fingerprint density at radius 1 is 1.03 bits per heavy atom. The lowest BCUT2D eigenvalue weighted by molar-refractivity contribution is 0.102. The summed E-state index contributed by atoms with van der Waals surface area (Å²) in [6.07, 6.45) is 10.8. The fourth-order valence-corrected chi connectivity index (χ4v) is 5.75. The van der Waals surface area contributed by atoms with E-state index in [0.717, 1.165) is 52.2 Å². The molecule has 166 valence electrons. The van der Waals surface area contributed by atoms with Gasteiger partial charge in [-0.3, -0.25) is 4.79 Å². The van der Waals surface area contributed by atoms with Gasteiger partial charge in [0.25, 0.3) is 5.91 Å². The Balaban J connectivity index is 1.70. The number of hydrogen-bond donors (Lipinski definition) is 1. The Hall–Kier alpha value is -2.37. The van der Waals surface area contributed by atoms with Crippen LogP contribution in [0.1, 0.15) is 63.2 Å². The van der Waals surface area contributed by atoms with E-state index in [1.807, 2.05) is 26.1 Å². The van der Waals surface area contributed by atoms with Gasteiger partial charge >= 0.3 is 0 Å². The number of thioether (sulfide) groups is 1. The topological polar surface area (TPSA) is 41.5 Å². The van der Waals surface area contributed by atoms with Crippen LogP contribution in [0.4, 0.5) is 10.7 Å². The predicted octanol–water partition coefficient (Wildman–Crippen LogP) is 7.75. The van der Waals surface area contributed by atoms with E-state index in [1.165, 1.54) is 34.6 Å². The number of anilines is 1. The normalized spacial score (nSPS) is 14.1. The van der Waals surface area contributed by atoms with Gasteiger partial charge in [-0.05, 0) is 86.2 Å². The Morgan fingerprint density at radius 2 is 1.78 bits per heavy atom. The Morgan fingerprint density at radius 3 is 2.53 bits per heavy atom. The zero-order valence-electron chi connectivity index (χ0n) is 19.0. The van der Waals surface area contributed by atoms with Crippen molar-refractivity contribution in [2.24, 2.45) is 4.99 Å². The molecule has 0 radical (unpaired) electrons. The third-order valence-corrected chi connectivity index (χ3v) is 7.91. The number of nitrogens with one attached hydrogen (secondary N) is 1. The van der Waals surface area contributed by atoms with Crippen LogP contribution in [-0.2, 0) is 12.8 Å². The number of aliphatic imine (C=N–C) groups is 1. The average Bonchev–Trinajstić information content (AvgIpc) is 3.11. The highest BCUT2D eigenvalue weighted by atomic mass is 32.2. The molecule has 1 aliphatic carbocycles. The van der Waals surface area contributed by atoms with E-state index in [9.17, 15) is 4.79 Å². The van der Waals surface area contributed by atoms with Crippen LogP contribution in [-0.4, -0.2) is 18.4 Å². The molecular formula is C27H30N2OS2. The van der Waals surface area contributed by atoms with Gasteiger partial charge in [0.15, 0.2) is 0 Å². The van der Waals surface area contributed by atoms with E-state index < -0.39 is 0 Å². The third-order valence-electron chi connectivity index (χ3n) is 5.97. The molecule has 0 aliphatic heterocycles. The fourth-order valence-electron chi connectivity index (χ4n) is 4.11. The van der Waals surface area contributed by atoms with Crippen molar-refractivity contribution in [3.05, 3.63) is 75.2 Å². The zero-order chi connectivity index (χ0) is 22.5. The van der Waals surface area contributed by atoms with Crippen molar-refractivity contribution in [1.82, 2.24) is 0 Å². The maximum absolute atomic E-state index is 13.5. The van der Waals surface area contributed by atoms with Crippen LogP contribution >= 0.6 is 23.1 Å². The van der Waals surface area contributed by atoms with E-state index in [4.69, 9.17) is 4.99 Å². The molecule has 5 heteroatoms. The molecule has 0 fully saturated rings. The zero-order valence-corrected chi connectivity index (χ0v) is 20.7. The highest BCUT2D eigenvalue weighted by Gasteiger charge is 2.24. The number of thiophene rings is 1. The SMILES string of the molecule is CSc1ccc(C=Nc2sc3c(c2C(=O)Nc2cc(C)ccc2C)CCCCCC3)cc1. The second kappa shape index (κ2) is 10.5. The fraction of sp³-hybridized carbons (Fsp3) is 0.333. The number of fused-ring (bicyclic) bond motifs is 1. The van der Waals surface area contributed by atoms with Gasteiger partial charge in [0, 0.05) is 21.7 Å².